The summed E-state index contributed by atoms with van der Waals surface area (Å²) in [6.07, 6.45) is 1.03. The van der Waals surface area contributed by atoms with Gasteiger partial charge in [0.15, 0.2) is 0 Å². The zero-order valence-corrected chi connectivity index (χ0v) is 14.3. The molecular weight excluding hydrogens is 345 g/mol. The van der Waals surface area contributed by atoms with Crippen molar-refractivity contribution in [2.75, 3.05) is 18.0 Å². The number of carbonyl (C=O) groups is 1. The van der Waals surface area contributed by atoms with Crippen molar-refractivity contribution in [1.29, 1.82) is 0 Å². The van der Waals surface area contributed by atoms with Gasteiger partial charge in [0.2, 0.25) is 5.91 Å². The molecule has 0 aliphatic carbocycles. The molecule has 1 atom stereocenters. The van der Waals surface area contributed by atoms with Crippen LogP contribution < -0.4 is 10.2 Å². The Morgan fingerprint density at radius 3 is 2.77 bits per heavy atom. The molecule has 0 bridgehead atoms. The van der Waals surface area contributed by atoms with Gasteiger partial charge in [0.1, 0.15) is 5.69 Å². The van der Waals surface area contributed by atoms with E-state index in [4.69, 9.17) is 0 Å². The second-order valence-electron chi connectivity index (χ2n) is 6.45. The van der Waals surface area contributed by atoms with Gasteiger partial charge in [0.25, 0.3) is 0 Å². The first-order valence-corrected chi connectivity index (χ1v) is 8.29. The van der Waals surface area contributed by atoms with E-state index in [2.05, 4.69) is 20.2 Å². The first-order chi connectivity index (χ1) is 12.3. The molecule has 2 aromatic heterocycles. The molecule has 1 aliphatic heterocycles. The van der Waals surface area contributed by atoms with Crippen LogP contribution in [-0.2, 0) is 17.4 Å². The Balaban J connectivity index is 1.53. The summed E-state index contributed by atoms with van der Waals surface area (Å²) in [4.78, 5) is 21.9. The van der Waals surface area contributed by atoms with Gasteiger partial charge in [-0.2, -0.15) is 13.2 Å². The second kappa shape index (κ2) is 7.31. The monoisotopic (exact) mass is 364 g/mol. The van der Waals surface area contributed by atoms with Gasteiger partial charge in [-0.1, -0.05) is 6.07 Å². The highest BCUT2D eigenvalue weighted by Crippen LogP contribution is 2.27. The first kappa shape index (κ1) is 18.2. The number of nitrogens with one attached hydrogen (secondary N) is 1. The third kappa shape index (κ3) is 4.50. The molecule has 8 heteroatoms. The van der Waals surface area contributed by atoms with Crippen molar-refractivity contribution < 1.29 is 18.0 Å². The highest BCUT2D eigenvalue weighted by atomic mass is 19.4. The van der Waals surface area contributed by atoms with Crippen molar-refractivity contribution in [2.24, 2.45) is 0 Å². The standard InChI is InChI=1S/C18H19F3N4O/c1-12-6-15(10-22-8-12)25-5-4-14(11-25)24-17(26)7-13-2-3-16(23-9-13)18(19,20)21/h2-3,6,8-10,14H,4-5,7,11H2,1H3,(H,24,26)/t14-/m1/s1. The quantitative estimate of drug-likeness (QED) is 0.906. The highest BCUT2D eigenvalue weighted by molar-refractivity contribution is 5.79. The molecular formula is C18H19F3N4O. The van der Waals surface area contributed by atoms with Crippen molar-refractivity contribution >= 4 is 11.6 Å². The summed E-state index contributed by atoms with van der Waals surface area (Å²) < 4.78 is 37.5. The van der Waals surface area contributed by atoms with Crippen molar-refractivity contribution in [2.45, 2.75) is 32.0 Å². The van der Waals surface area contributed by atoms with Gasteiger partial charge < -0.3 is 10.2 Å². The van der Waals surface area contributed by atoms with Gasteiger partial charge in [-0.3, -0.25) is 14.8 Å². The normalized spacial score (nSPS) is 17.4. The van der Waals surface area contributed by atoms with E-state index in [9.17, 15) is 18.0 Å². The molecule has 3 rings (SSSR count). The smallest absolute Gasteiger partial charge is 0.368 e. The highest BCUT2D eigenvalue weighted by Gasteiger charge is 2.32. The Bertz CT molecular complexity index is 777. The third-order valence-electron chi connectivity index (χ3n) is 4.26. The summed E-state index contributed by atoms with van der Waals surface area (Å²) in [6.45, 7) is 3.48. The summed E-state index contributed by atoms with van der Waals surface area (Å²) >= 11 is 0. The Labute approximate surface area is 149 Å². The molecule has 0 saturated carbocycles. The minimum atomic E-state index is -4.47. The van der Waals surface area contributed by atoms with E-state index in [1.807, 2.05) is 13.0 Å². The molecule has 26 heavy (non-hydrogen) atoms. The number of pyridine rings is 2. The average Bonchev–Trinajstić information content (AvgIpc) is 3.03. The fraction of sp³-hybridized carbons (Fsp3) is 0.389. The van der Waals surface area contributed by atoms with Gasteiger partial charge in [-0.25, -0.2) is 0 Å². The number of amides is 1. The lowest BCUT2D eigenvalue weighted by Crippen LogP contribution is -2.38. The van der Waals surface area contributed by atoms with E-state index in [1.54, 1.807) is 12.4 Å². The molecule has 0 aromatic carbocycles. The van der Waals surface area contributed by atoms with Gasteiger partial charge in [-0.15, -0.1) is 0 Å². The Morgan fingerprint density at radius 2 is 2.12 bits per heavy atom. The minimum Gasteiger partial charge on any atom is -0.368 e. The molecule has 0 radical (unpaired) electrons. The van der Waals surface area contributed by atoms with Crippen LogP contribution in [0.15, 0.2) is 36.8 Å². The average molecular weight is 364 g/mol. The zero-order chi connectivity index (χ0) is 18.7. The van der Waals surface area contributed by atoms with Gasteiger partial charge in [-0.05, 0) is 36.6 Å². The van der Waals surface area contributed by atoms with Crippen LogP contribution in [0.4, 0.5) is 18.9 Å². The number of hydrogen-bond acceptors (Lipinski definition) is 4. The number of rotatable bonds is 4. The van der Waals surface area contributed by atoms with E-state index in [1.165, 1.54) is 6.07 Å². The Hall–Kier alpha value is -2.64. The number of halogens is 3. The lowest BCUT2D eigenvalue weighted by Gasteiger charge is -2.19. The Morgan fingerprint density at radius 1 is 1.31 bits per heavy atom. The molecule has 5 nitrogen and oxygen atoms in total. The molecule has 1 amide bonds. The summed E-state index contributed by atoms with van der Waals surface area (Å²) in [5.74, 6) is -0.222. The lowest BCUT2D eigenvalue weighted by molar-refractivity contribution is -0.141. The van der Waals surface area contributed by atoms with Crippen LogP contribution in [0.5, 0.6) is 0 Å². The first-order valence-electron chi connectivity index (χ1n) is 8.29. The number of alkyl halides is 3. The second-order valence-corrected chi connectivity index (χ2v) is 6.45. The predicted octanol–water partition coefficient (Wildman–Crippen LogP) is 2.74. The maximum Gasteiger partial charge on any atom is 0.433 e. The maximum absolute atomic E-state index is 12.5. The van der Waals surface area contributed by atoms with Crippen LogP contribution in [0.3, 0.4) is 0 Å². The van der Waals surface area contributed by atoms with Crippen LogP contribution in [0.25, 0.3) is 0 Å². The molecule has 0 spiro atoms. The summed E-state index contributed by atoms with van der Waals surface area (Å²) in [6, 6.07) is 4.23. The van der Waals surface area contributed by atoms with Crippen molar-refractivity contribution in [3.8, 4) is 0 Å². The van der Waals surface area contributed by atoms with Crippen molar-refractivity contribution in [3.63, 3.8) is 0 Å². The summed E-state index contributed by atoms with van der Waals surface area (Å²) in [5, 5.41) is 2.94. The van der Waals surface area contributed by atoms with Crippen molar-refractivity contribution in [1.82, 2.24) is 15.3 Å². The Kier molecular flexibility index (Phi) is 5.11. The number of aromatic nitrogens is 2. The molecule has 1 N–H and O–H groups in total. The topological polar surface area (TPSA) is 58.1 Å². The van der Waals surface area contributed by atoms with E-state index in [0.29, 0.717) is 12.1 Å². The van der Waals surface area contributed by atoms with Gasteiger partial charge in [0, 0.05) is 31.5 Å². The van der Waals surface area contributed by atoms with Crippen LogP contribution >= 0.6 is 0 Å². The van der Waals surface area contributed by atoms with Gasteiger partial charge in [0.05, 0.1) is 18.3 Å². The summed E-state index contributed by atoms with van der Waals surface area (Å²) in [7, 11) is 0. The molecule has 2 aromatic rings. The summed E-state index contributed by atoms with van der Waals surface area (Å²) in [5.41, 5.74) is 1.59. The fourth-order valence-electron chi connectivity index (χ4n) is 2.99. The number of nitrogens with zero attached hydrogens (tertiary/aromatic N) is 3. The molecule has 0 unspecified atom stereocenters. The zero-order valence-electron chi connectivity index (χ0n) is 14.3. The largest absolute Gasteiger partial charge is 0.433 e. The lowest BCUT2D eigenvalue weighted by atomic mass is 10.1. The van der Waals surface area contributed by atoms with E-state index in [0.717, 1.165) is 36.5 Å². The van der Waals surface area contributed by atoms with Gasteiger partial charge >= 0.3 is 6.18 Å². The van der Waals surface area contributed by atoms with Crippen molar-refractivity contribution in [3.05, 3.63) is 53.6 Å². The number of anilines is 1. The number of hydrogen-bond donors (Lipinski definition) is 1. The van der Waals surface area contributed by atoms with Crippen LogP contribution in [0.1, 0.15) is 23.2 Å². The third-order valence-corrected chi connectivity index (χ3v) is 4.26. The number of aryl methyl sites for hydroxylation is 1. The minimum absolute atomic E-state index is 0.00502. The van der Waals surface area contributed by atoms with E-state index in [-0.39, 0.29) is 18.4 Å². The van der Waals surface area contributed by atoms with E-state index >= 15 is 0 Å². The van der Waals surface area contributed by atoms with Crippen LogP contribution in [-0.4, -0.2) is 35.0 Å². The predicted molar refractivity (Wildman–Crippen MR) is 90.7 cm³/mol. The molecule has 1 saturated heterocycles. The molecule has 138 valence electrons. The van der Waals surface area contributed by atoms with Crippen LogP contribution in [0.2, 0.25) is 0 Å². The maximum atomic E-state index is 12.5. The molecule has 3 heterocycles. The SMILES string of the molecule is Cc1cncc(N2CC[C@@H](NC(=O)Cc3ccc(C(F)(F)F)nc3)C2)c1. The van der Waals surface area contributed by atoms with E-state index < -0.39 is 11.9 Å². The fourth-order valence-corrected chi connectivity index (χ4v) is 2.99. The molecule has 1 aliphatic rings. The number of carbonyl (C=O) groups excluding carboxylic acids is 1. The molecule has 1 fully saturated rings. The van der Waals surface area contributed by atoms with Crippen LogP contribution in [0, 0.1) is 6.92 Å².